The first-order chi connectivity index (χ1) is 7.42. The van der Waals surface area contributed by atoms with Crippen LogP contribution < -0.4 is 5.32 Å². The Morgan fingerprint density at radius 3 is 2.93 bits per heavy atom. The topological polar surface area (TPSA) is 33.1 Å². The molecule has 82 valence electrons. The second-order valence-corrected chi connectivity index (χ2v) is 4.50. The summed E-state index contributed by atoms with van der Waals surface area (Å²) in [5, 5.41) is 3.35. The zero-order valence-electron chi connectivity index (χ0n) is 9.08. The molecule has 0 spiro atoms. The van der Waals surface area contributed by atoms with Crippen molar-refractivity contribution in [2.45, 2.75) is 32.5 Å². The summed E-state index contributed by atoms with van der Waals surface area (Å²) in [5.74, 6) is 1.20. The van der Waals surface area contributed by atoms with Gasteiger partial charge in [-0.1, -0.05) is 0 Å². The van der Waals surface area contributed by atoms with Crippen LogP contribution in [0.5, 0.6) is 0 Å². The van der Waals surface area contributed by atoms with Gasteiger partial charge in [-0.2, -0.15) is 0 Å². The van der Waals surface area contributed by atoms with Crippen LogP contribution in [0, 0.1) is 0 Å². The number of aromatic nitrogens is 2. The fraction of sp³-hybridized carbons (Fsp3) is 0.727. The average molecular weight is 206 g/mol. The van der Waals surface area contributed by atoms with Crippen LogP contribution in [-0.4, -0.2) is 34.1 Å². The highest BCUT2D eigenvalue weighted by molar-refractivity contribution is 5.06. The van der Waals surface area contributed by atoms with Gasteiger partial charge in [-0.25, -0.2) is 4.98 Å². The average Bonchev–Trinajstić information content (AvgIpc) is 2.86. The normalized spacial score (nSPS) is 21.9. The van der Waals surface area contributed by atoms with E-state index >= 15 is 0 Å². The molecule has 0 unspecified atom stereocenters. The van der Waals surface area contributed by atoms with Crippen LogP contribution in [0.25, 0.3) is 0 Å². The number of fused-ring (bicyclic) bond motifs is 1. The van der Waals surface area contributed by atoms with Crippen molar-refractivity contribution in [1.82, 2.24) is 19.8 Å². The molecule has 0 saturated carbocycles. The van der Waals surface area contributed by atoms with E-state index in [4.69, 9.17) is 0 Å². The van der Waals surface area contributed by atoms with Crippen LogP contribution in [0.1, 0.15) is 24.4 Å². The summed E-state index contributed by atoms with van der Waals surface area (Å²) in [6.07, 6.45) is 4.94. The first kappa shape index (κ1) is 9.36. The molecule has 0 atom stereocenters. The van der Waals surface area contributed by atoms with E-state index in [1.54, 1.807) is 0 Å². The van der Waals surface area contributed by atoms with Gasteiger partial charge in [-0.15, -0.1) is 0 Å². The monoisotopic (exact) mass is 206 g/mol. The van der Waals surface area contributed by atoms with Gasteiger partial charge in [0, 0.05) is 25.8 Å². The maximum atomic E-state index is 4.67. The van der Waals surface area contributed by atoms with E-state index in [2.05, 4.69) is 26.0 Å². The Labute approximate surface area is 90.3 Å². The third-order valence-electron chi connectivity index (χ3n) is 3.31. The zero-order valence-corrected chi connectivity index (χ0v) is 9.08. The van der Waals surface area contributed by atoms with Crippen molar-refractivity contribution in [3.05, 3.63) is 17.7 Å². The summed E-state index contributed by atoms with van der Waals surface area (Å²) in [6, 6.07) is 0. The van der Waals surface area contributed by atoms with E-state index in [0.717, 1.165) is 26.2 Å². The first-order valence-electron chi connectivity index (χ1n) is 5.90. The van der Waals surface area contributed by atoms with Gasteiger partial charge in [-0.05, 0) is 25.9 Å². The van der Waals surface area contributed by atoms with Crippen LogP contribution in [-0.2, 0) is 19.6 Å². The second kappa shape index (κ2) is 3.94. The first-order valence-corrected chi connectivity index (χ1v) is 5.90. The molecule has 4 heteroatoms. The van der Waals surface area contributed by atoms with E-state index in [9.17, 15) is 0 Å². The lowest BCUT2D eigenvalue weighted by Crippen LogP contribution is -2.27. The van der Waals surface area contributed by atoms with E-state index in [1.165, 1.54) is 37.4 Å². The molecule has 1 N–H and O–H groups in total. The summed E-state index contributed by atoms with van der Waals surface area (Å²) in [5.41, 5.74) is 1.25. The minimum absolute atomic E-state index is 0.931. The summed E-state index contributed by atoms with van der Waals surface area (Å²) in [7, 11) is 0. The molecule has 1 saturated heterocycles. The van der Waals surface area contributed by atoms with Gasteiger partial charge >= 0.3 is 0 Å². The minimum atomic E-state index is 0.931. The Hall–Kier alpha value is -0.870. The fourth-order valence-corrected chi connectivity index (χ4v) is 2.49. The number of hydrogen-bond donors (Lipinski definition) is 1. The molecule has 1 aromatic rings. The lowest BCUT2D eigenvalue weighted by Gasteiger charge is -2.13. The van der Waals surface area contributed by atoms with Gasteiger partial charge in [0.25, 0.3) is 0 Å². The standard InChI is InChI=1S/C11H18N4/c1-2-5-14(4-1)8-10-9-15-6-3-12-7-11(15)13-10/h9,12H,1-8H2. The van der Waals surface area contributed by atoms with Crippen LogP contribution in [0.3, 0.4) is 0 Å². The molecular formula is C11H18N4. The van der Waals surface area contributed by atoms with Gasteiger partial charge in [-0.3, -0.25) is 4.90 Å². The predicted molar refractivity (Wildman–Crippen MR) is 58.4 cm³/mol. The highest BCUT2D eigenvalue weighted by Crippen LogP contribution is 2.13. The van der Waals surface area contributed by atoms with Gasteiger partial charge in [0.05, 0.1) is 12.2 Å². The fourth-order valence-electron chi connectivity index (χ4n) is 2.49. The van der Waals surface area contributed by atoms with Crippen LogP contribution in [0.2, 0.25) is 0 Å². The van der Waals surface area contributed by atoms with Crippen molar-refractivity contribution in [2.24, 2.45) is 0 Å². The molecule has 2 aliphatic rings. The smallest absolute Gasteiger partial charge is 0.123 e. The molecule has 3 rings (SSSR count). The van der Waals surface area contributed by atoms with Gasteiger partial charge < -0.3 is 9.88 Å². The van der Waals surface area contributed by atoms with Gasteiger partial charge in [0.2, 0.25) is 0 Å². The molecule has 1 aromatic heterocycles. The third-order valence-corrected chi connectivity index (χ3v) is 3.31. The predicted octanol–water partition coefficient (Wildman–Crippen LogP) is 0.582. The Morgan fingerprint density at radius 2 is 2.13 bits per heavy atom. The molecule has 1 fully saturated rings. The molecule has 0 radical (unpaired) electrons. The Kier molecular flexibility index (Phi) is 2.46. The third kappa shape index (κ3) is 1.92. The van der Waals surface area contributed by atoms with E-state index in [0.29, 0.717) is 0 Å². The number of nitrogens with zero attached hydrogens (tertiary/aromatic N) is 3. The number of hydrogen-bond acceptors (Lipinski definition) is 3. The van der Waals surface area contributed by atoms with Crippen molar-refractivity contribution in [1.29, 1.82) is 0 Å². The highest BCUT2D eigenvalue weighted by Gasteiger charge is 2.16. The molecular weight excluding hydrogens is 188 g/mol. The van der Waals surface area contributed by atoms with Gasteiger partial charge in [0.15, 0.2) is 0 Å². The molecule has 0 bridgehead atoms. The van der Waals surface area contributed by atoms with E-state index in [1.807, 2.05) is 0 Å². The SMILES string of the molecule is c1c(CN2CCCC2)nc2n1CCNC2. The molecule has 4 nitrogen and oxygen atoms in total. The number of imidazole rings is 1. The molecule has 0 aliphatic carbocycles. The van der Waals surface area contributed by atoms with Crippen molar-refractivity contribution >= 4 is 0 Å². The van der Waals surface area contributed by atoms with Crippen LogP contribution >= 0.6 is 0 Å². The van der Waals surface area contributed by atoms with Gasteiger partial charge in [0.1, 0.15) is 5.82 Å². The number of likely N-dealkylation sites (tertiary alicyclic amines) is 1. The molecule has 0 amide bonds. The van der Waals surface area contributed by atoms with Crippen molar-refractivity contribution < 1.29 is 0 Å². The Balaban J connectivity index is 1.72. The maximum absolute atomic E-state index is 4.67. The maximum Gasteiger partial charge on any atom is 0.123 e. The summed E-state index contributed by atoms with van der Waals surface area (Å²) >= 11 is 0. The highest BCUT2D eigenvalue weighted by atomic mass is 15.2. The molecule has 2 aliphatic heterocycles. The Morgan fingerprint density at radius 1 is 1.27 bits per heavy atom. The summed E-state index contributed by atoms with van der Waals surface area (Å²) in [6.45, 7) is 6.62. The number of rotatable bonds is 2. The quantitative estimate of drug-likeness (QED) is 0.768. The summed E-state index contributed by atoms with van der Waals surface area (Å²) < 4.78 is 2.29. The minimum Gasteiger partial charge on any atom is -0.332 e. The molecule has 3 heterocycles. The van der Waals surface area contributed by atoms with Crippen LogP contribution in [0.4, 0.5) is 0 Å². The molecule has 15 heavy (non-hydrogen) atoms. The Bertz CT molecular complexity index is 315. The van der Waals surface area contributed by atoms with Crippen molar-refractivity contribution in [3.8, 4) is 0 Å². The summed E-state index contributed by atoms with van der Waals surface area (Å²) in [4.78, 5) is 7.17. The van der Waals surface area contributed by atoms with Crippen molar-refractivity contribution in [3.63, 3.8) is 0 Å². The largest absolute Gasteiger partial charge is 0.332 e. The van der Waals surface area contributed by atoms with E-state index in [-0.39, 0.29) is 0 Å². The zero-order chi connectivity index (χ0) is 10.1. The second-order valence-electron chi connectivity index (χ2n) is 4.50. The van der Waals surface area contributed by atoms with Crippen molar-refractivity contribution in [2.75, 3.05) is 19.6 Å². The van der Waals surface area contributed by atoms with E-state index < -0.39 is 0 Å². The number of nitrogens with one attached hydrogen (secondary N) is 1. The lowest BCUT2D eigenvalue weighted by atomic mass is 10.4. The molecule has 0 aromatic carbocycles. The van der Waals surface area contributed by atoms with Crippen LogP contribution in [0.15, 0.2) is 6.20 Å². The lowest BCUT2D eigenvalue weighted by molar-refractivity contribution is 0.327.